The molecule has 3 aromatic rings. The summed E-state index contributed by atoms with van der Waals surface area (Å²) in [5.74, 6) is 1.41. The topological polar surface area (TPSA) is 53.8 Å². The van der Waals surface area contributed by atoms with Crippen LogP contribution in [-0.2, 0) is 17.8 Å². The van der Waals surface area contributed by atoms with Crippen LogP contribution in [0.2, 0.25) is 0 Å². The third-order valence-electron chi connectivity index (χ3n) is 5.43. The molecule has 2 aromatic heterocycles. The molecular formula is C25H30N2O3S. The number of nitrogens with zero attached hydrogens (tertiary/aromatic N) is 2. The minimum Gasteiger partial charge on any atom is -0.464 e. The van der Waals surface area contributed by atoms with Gasteiger partial charge in [-0.05, 0) is 55.8 Å². The first kappa shape index (κ1) is 22.8. The van der Waals surface area contributed by atoms with Crippen LogP contribution in [0, 0.1) is 6.92 Å². The van der Waals surface area contributed by atoms with Crippen molar-refractivity contribution in [3.05, 3.63) is 81.9 Å². The summed E-state index contributed by atoms with van der Waals surface area (Å²) in [5.41, 5.74) is 1.17. The van der Waals surface area contributed by atoms with E-state index in [4.69, 9.17) is 4.42 Å². The number of aryl methyl sites for hydroxylation is 1. The molecule has 0 aliphatic rings. The van der Waals surface area contributed by atoms with Gasteiger partial charge in [0.1, 0.15) is 18.1 Å². The van der Waals surface area contributed by atoms with Gasteiger partial charge in [0, 0.05) is 12.6 Å². The van der Waals surface area contributed by atoms with Crippen molar-refractivity contribution in [1.82, 2.24) is 9.80 Å². The molecule has 1 aromatic carbocycles. The molecule has 2 amide bonds. The Balaban J connectivity index is 1.76. The van der Waals surface area contributed by atoms with Crippen LogP contribution in [0.5, 0.6) is 0 Å². The van der Waals surface area contributed by atoms with Gasteiger partial charge in [-0.15, -0.1) is 11.3 Å². The Bertz CT molecular complexity index is 966. The lowest BCUT2D eigenvalue weighted by molar-refractivity contribution is -0.133. The lowest BCUT2D eigenvalue weighted by Crippen LogP contribution is -2.46. The Morgan fingerprint density at radius 2 is 1.84 bits per heavy atom. The fourth-order valence-corrected chi connectivity index (χ4v) is 4.07. The summed E-state index contributed by atoms with van der Waals surface area (Å²) in [6.07, 6.45) is 1.53. The minimum absolute atomic E-state index is 0.0274. The Hall–Kier alpha value is -2.86. The van der Waals surface area contributed by atoms with E-state index in [2.05, 4.69) is 12.1 Å². The number of rotatable bonds is 10. The summed E-state index contributed by atoms with van der Waals surface area (Å²) in [5, 5.41) is 1.88. The normalized spacial score (nSPS) is 11.8. The molecule has 0 fully saturated rings. The van der Waals surface area contributed by atoms with Crippen LogP contribution in [0.1, 0.15) is 47.0 Å². The summed E-state index contributed by atoms with van der Waals surface area (Å²) < 4.78 is 5.72. The third kappa shape index (κ3) is 6.31. The minimum atomic E-state index is -0.0884. The largest absolute Gasteiger partial charge is 0.464 e. The molecule has 3 rings (SSSR count). The highest BCUT2D eigenvalue weighted by Crippen LogP contribution is 2.17. The van der Waals surface area contributed by atoms with Gasteiger partial charge in [-0.3, -0.25) is 9.59 Å². The first-order chi connectivity index (χ1) is 15.0. The van der Waals surface area contributed by atoms with Gasteiger partial charge >= 0.3 is 0 Å². The molecule has 0 unspecified atom stereocenters. The van der Waals surface area contributed by atoms with E-state index in [-0.39, 0.29) is 24.4 Å². The van der Waals surface area contributed by atoms with Crippen LogP contribution in [-0.4, -0.2) is 40.7 Å². The number of carbonyl (C=O) groups is 2. The number of amides is 2. The summed E-state index contributed by atoms with van der Waals surface area (Å²) in [4.78, 5) is 30.6. The number of carbonyl (C=O) groups excluding carboxylic acids is 2. The number of hydrogen-bond donors (Lipinski definition) is 0. The number of thiophene rings is 1. The monoisotopic (exact) mass is 438 g/mol. The standard InChI is InChI=1S/C25H30N2O3S/c1-4-19(2)27(25(29)23-11-8-16-31-23)18-24(28)26(17-22-13-12-20(3)30-22)15-14-21-9-6-5-7-10-21/h5-13,16,19H,4,14-15,17-18H2,1-3H3/t19-/m1/s1. The van der Waals surface area contributed by atoms with Crippen molar-refractivity contribution < 1.29 is 14.0 Å². The molecular weight excluding hydrogens is 408 g/mol. The Morgan fingerprint density at radius 3 is 2.45 bits per heavy atom. The van der Waals surface area contributed by atoms with Crippen LogP contribution in [0.15, 0.2) is 64.4 Å². The van der Waals surface area contributed by atoms with Crippen LogP contribution in [0.25, 0.3) is 0 Å². The van der Waals surface area contributed by atoms with E-state index in [9.17, 15) is 9.59 Å². The highest BCUT2D eigenvalue weighted by Gasteiger charge is 2.26. The van der Waals surface area contributed by atoms with Crippen LogP contribution >= 0.6 is 11.3 Å². The molecule has 0 radical (unpaired) electrons. The quantitative estimate of drug-likeness (QED) is 0.439. The second kappa shape index (κ2) is 11.0. The van der Waals surface area contributed by atoms with Crippen molar-refractivity contribution in [3.8, 4) is 0 Å². The Kier molecular flexibility index (Phi) is 8.06. The first-order valence-corrected chi connectivity index (χ1v) is 11.6. The number of benzene rings is 1. The second-order valence-electron chi connectivity index (χ2n) is 7.73. The predicted molar refractivity (Wildman–Crippen MR) is 124 cm³/mol. The molecule has 0 N–H and O–H groups in total. The third-order valence-corrected chi connectivity index (χ3v) is 6.29. The lowest BCUT2D eigenvalue weighted by atomic mass is 10.1. The summed E-state index contributed by atoms with van der Waals surface area (Å²) in [7, 11) is 0. The molecule has 0 saturated carbocycles. The van der Waals surface area contributed by atoms with Crippen molar-refractivity contribution in [2.45, 2.75) is 46.2 Å². The lowest BCUT2D eigenvalue weighted by Gasteiger charge is -2.31. The van der Waals surface area contributed by atoms with Gasteiger partial charge in [-0.2, -0.15) is 0 Å². The Morgan fingerprint density at radius 1 is 1.06 bits per heavy atom. The zero-order valence-electron chi connectivity index (χ0n) is 18.4. The molecule has 164 valence electrons. The molecule has 31 heavy (non-hydrogen) atoms. The highest BCUT2D eigenvalue weighted by atomic mass is 32.1. The highest BCUT2D eigenvalue weighted by molar-refractivity contribution is 7.12. The maximum Gasteiger partial charge on any atom is 0.264 e. The average molecular weight is 439 g/mol. The summed E-state index contributed by atoms with van der Waals surface area (Å²) in [6, 6.07) is 17.6. The fraction of sp³-hybridized carbons (Fsp3) is 0.360. The molecule has 0 bridgehead atoms. The van der Waals surface area contributed by atoms with Crippen molar-refractivity contribution >= 4 is 23.2 Å². The molecule has 0 spiro atoms. The van der Waals surface area contributed by atoms with Gasteiger partial charge < -0.3 is 14.2 Å². The van der Waals surface area contributed by atoms with Crippen molar-refractivity contribution in [1.29, 1.82) is 0 Å². The average Bonchev–Trinajstić information content (AvgIpc) is 3.46. The summed E-state index contributed by atoms with van der Waals surface area (Å²) >= 11 is 1.40. The number of furan rings is 1. The molecule has 0 aliphatic carbocycles. The molecule has 6 heteroatoms. The van der Waals surface area contributed by atoms with Crippen molar-refractivity contribution in [2.75, 3.05) is 13.1 Å². The van der Waals surface area contributed by atoms with E-state index in [0.717, 1.165) is 24.4 Å². The van der Waals surface area contributed by atoms with E-state index in [1.807, 2.05) is 68.6 Å². The van der Waals surface area contributed by atoms with E-state index < -0.39 is 0 Å². The van der Waals surface area contributed by atoms with E-state index in [1.165, 1.54) is 16.9 Å². The molecule has 2 heterocycles. The zero-order valence-corrected chi connectivity index (χ0v) is 19.2. The first-order valence-electron chi connectivity index (χ1n) is 10.7. The molecule has 1 atom stereocenters. The van der Waals surface area contributed by atoms with Crippen LogP contribution in [0.3, 0.4) is 0 Å². The smallest absolute Gasteiger partial charge is 0.264 e. The van der Waals surface area contributed by atoms with E-state index >= 15 is 0 Å². The molecule has 0 saturated heterocycles. The van der Waals surface area contributed by atoms with Gasteiger partial charge in [0.2, 0.25) is 5.91 Å². The Labute approximate surface area is 188 Å². The SMILES string of the molecule is CC[C@@H](C)N(CC(=O)N(CCc1ccccc1)Cc1ccc(C)o1)C(=O)c1cccs1. The van der Waals surface area contributed by atoms with E-state index in [1.54, 1.807) is 9.80 Å². The second-order valence-corrected chi connectivity index (χ2v) is 8.68. The van der Waals surface area contributed by atoms with Gasteiger partial charge in [-0.25, -0.2) is 0 Å². The van der Waals surface area contributed by atoms with Gasteiger partial charge in [0.15, 0.2) is 0 Å². The van der Waals surface area contributed by atoms with Gasteiger partial charge in [0.05, 0.1) is 11.4 Å². The molecule has 5 nitrogen and oxygen atoms in total. The molecule has 0 aliphatic heterocycles. The fourth-order valence-electron chi connectivity index (χ4n) is 3.39. The zero-order chi connectivity index (χ0) is 22.2. The predicted octanol–water partition coefficient (Wildman–Crippen LogP) is 5.16. The number of hydrogen-bond acceptors (Lipinski definition) is 4. The maximum absolute atomic E-state index is 13.4. The van der Waals surface area contributed by atoms with Gasteiger partial charge in [-0.1, -0.05) is 43.3 Å². The van der Waals surface area contributed by atoms with Crippen molar-refractivity contribution in [2.24, 2.45) is 0 Å². The van der Waals surface area contributed by atoms with Crippen molar-refractivity contribution in [3.63, 3.8) is 0 Å². The van der Waals surface area contributed by atoms with Gasteiger partial charge in [0.25, 0.3) is 5.91 Å². The maximum atomic E-state index is 13.4. The van der Waals surface area contributed by atoms with E-state index in [0.29, 0.717) is 18.0 Å². The summed E-state index contributed by atoms with van der Waals surface area (Å²) in [6.45, 7) is 6.92. The van der Waals surface area contributed by atoms with Crippen LogP contribution in [0.4, 0.5) is 0 Å². The van der Waals surface area contributed by atoms with Crippen LogP contribution < -0.4 is 0 Å².